The summed E-state index contributed by atoms with van der Waals surface area (Å²) in [6.07, 6.45) is 3.25. The Bertz CT molecular complexity index is 912. The minimum atomic E-state index is -3.55. The lowest BCUT2D eigenvalue weighted by atomic mass is 9.99. The van der Waals surface area contributed by atoms with Gasteiger partial charge in [-0.15, -0.1) is 6.58 Å². The molecule has 4 heteroatoms. The van der Waals surface area contributed by atoms with E-state index in [1.54, 1.807) is 16.4 Å². The first kappa shape index (κ1) is 18.6. The highest BCUT2D eigenvalue weighted by Gasteiger charge is 2.38. The van der Waals surface area contributed by atoms with Crippen molar-refractivity contribution in [2.24, 2.45) is 0 Å². The van der Waals surface area contributed by atoms with Gasteiger partial charge in [-0.1, -0.05) is 65.3 Å². The van der Waals surface area contributed by atoms with Crippen molar-refractivity contribution in [1.82, 2.24) is 4.31 Å². The Morgan fingerprint density at radius 2 is 1.73 bits per heavy atom. The van der Waals surface area contributed by atoms with Crippen molar-refractivity contribution >= 4 is 10.0 Å². The lowest BCUT2D eigenvalue weighted by molar-refractivity contribution is 0.396. The molecule has 0 saturated carbocycles. The van der Waals surface area contributed by atoms with Gasteiger partial charge in [0.15, 0.2) is 0 Å². The SMILES string of the molecule is C=CCC1=C(C)C(Cc2ccccc2)N(S(=O)(=O)c2ccc(C)cc2)C1. The van der Waals surface area contributed by atoms with Gasteiger partial charge in [0.25, 0.3) is 0 Å². The van der Waals surface area contributed by atoms with Crippen molar-refractivity contribution in [1.29, 1.82) is 0 Å². The Hall–Kier alpha value is -2.17. The molecule has 0 spiro atoms. The Morgan fingerprint density at radius 1 is 1.08 bits per heavy atom. The molecule has 0 radical (unpaired) electrons. The maximum absolute atomic E-state index is 13.3. The van der Waals surface area contributed by atoms with Gasteiger partial charge in [-0.05, 0) is 44.4 Å². The fourth-order valence-corrected chi connectivity index (χ4v) is 5.11. The Kier molecular flexibility index (Phi) is 5.44. The third-order valence-corrected chi connectivity index (χ3v) is 6.91. The lowest BCUT2D eigenvalue weighted by Crippen LogP contribution is -2.38. The van der Waals surface area contributed by atoms with Crippen LogP contribution in [-0.2, 0) is 16.4 Å². The molecule has 0 aromatic heterocycles. The second-order valence-corrected chi connectivity index (χ2v) is 8.74. The fraction of sp³-hybridized carbons (Fsp3) is 0.273. The Morgan fingerprint density at radius 3 is 2.35 bits per heavy atom. The van der Waals surface area contributed by atoms with Crippen LogP contribution in [0.25, 0.3) is 0 Å². The third-order valence-electron chi connectivity index (χ3n) is 5.04. The number of allylic oxidation sites excluding steroid dienone is 1. The number of sulfonamides is 1. The fourth-order valence-electron chi connectivity index (χ4n) is 3.46. The molecule has 136 valence electrons. The van der Waals surface area contributed by atoms with Gasteiger partial charge in [-0.2, -0.15) is 4.31 Å². The number of rotatable bonds is 6. The van der Waals surface area contributed by atoms with Crippen LogP contribution in [0.3, 0.4) is 0 Å². The van der Waals surface area contributed by atoms with Crippen LogP contribution >= 0.6 is 0 Å². The van der Waals surface area contributed by atoms with E-state index in [9.17, 15) is 8.42 Å². The minimum Gasteiger partial charge on any atom is -0.207 e. The summed E-state index contributed by atoms with van der Waals surface area (Å²) in [6.45, 7) is 8.27. The van der Waals surface area contributed by atoms with Crippen LogP contribution in [0.4, 0.5) is 0 Å². The molecule has 3 nitrogen and oxygen atoms in total. The number of benzene rings is 2. The smallest absolute Gasteiger partial charge is 0.207 e. The predicted molar refractivity (Wildman–Crippen MR) is 107 cm³/mol. The molecule has 3 rings (SSSR count). The number of nitrogens with zero attached hydrogens (tertiary/aromatic N) is 1. The van der Waals surface area contributed by atoms with Crippen LogP contribution in [0.15, 0.2) is 83.3 Å². The summed E-state index contributed by atoms with van der Waals surface area (Å²) in [5.41, 5.74) is 4.48. The molecule has 0 bridgehead atoms. The van der Waals surface area contributed by atoms with Gasteiger partial charge in [0.05, 0.1) is 10.9 Å². The molecule has 0 aliphatic carbocycles. The standard InChI is InChI=1S/C22H25NO2S/c1-4-8-20-16-23(26(24,25)21-13-11-17(2)12-14-21)22(18(20)3)15-19-9-6-5-7-10-19/h4-7,9-14,22H,1,8,15-16H2,2-3H3. The van der Waals surface area contributed by atoms with E-state index in [2.05, 4.69) is 25.6 Å². The van der Waals surface area contributed by atoms with E-state index in [4.69, 9.17) is 0 Å². The molecule has 0 N–H and O–H groups in total. The Labute approximate surface area is 156 Å². The monoisotopic (exact) mass is 367 g/mol. The van der Waals surface area contributed by atoms with E-state index in [1.807, 2.05) is 43.3 Å². The molecule has 0 fully saturated rings. The summed E-state index contributed by atoms with van der Waals surface area (Å²) in [5.74, 6) is 0. The number of aryl methyl sites for hydroxylation is 1. The molecule has 2 aromatic carbocycles. The largest absolute Gasteiger partial charge is 0.243 e. The highest BCUT2D eigenvalue weighted by molar-refractivity contribution is 7.89. The van der Waals surface area contributed by atoms with E-state index in [0.717, 1.165) is 28.7 Å². The highest BCUT2D eigenvalue weighted by atomic mass is 32.2. The summed E-state index contributed by atoms with van der Waals surface area (Å²) in [7, 11) is -3.55. The average molecular weight is 368 g/mol. The van der Waals surface area contributed by atoms with E-state index in [-0.39, 0.29) is 6.04 Å². The van der Waals surface area contributed by atoms with Crippen molar-refractivity contribution in [2.45, 2.75) is 37.6 Å². The summed E-state index contributed by atoms with van der Waals surface area (Å²) >= 11 is 0. The molecule has 1 unspecified atom stereocenters. The van der Waals surface area contributed by atoms with Crippen molar-refractivity contribution in [3.05, 3.63) is 89.5 Å². The first-order chi connectivity index (χ1) is 12.4. The molecule has 1 aliphatic rings. The lowest BCUT2D eigenvalue weighted by Gasteiger charge is -2.26. The maximum Gasteiger partial charge on any atom is 0.243 e. The molecular formula is C22H25NO2S. The van der Waals surface area contributed by atoms with Gasteiger partial charge in [0.1, 0.15) is 0 Å². The van der Waals surface area contributed by atoms with Crippen LogP contribution in [0, 0.1) is 6.92 Å². The molecule has 2 aromatic rings. The second-order valence-electron chi connectivity index (χ2n) is 6.85. The van der Waals surface area contributed by atoms with Gasteiger partial charge in [0.2, 0.25) is 10.0 Å². The van der Waals surface area contributed by atoms with Gasteiger partial charge >= 0.3 is 0 Å². The van der Waals surface area contributed by atoms with Crippen molar-refractivity contribution in [3.8, 4) is 0 Å². The van der Waals surface area contributed by atoms with Crippen molar-refractivity contribution < 1.29 is 8.42 Å². The summed E-state index contributed by atoms with van der Waals surface area (Å²) < 4.78 is 28.3. The average Bonchev–Trinajstić information content (AvgIpc) is 2.94. The molecule has 0 amide bonds. The zero-order chi connectivity index (χ0) is 18.7. The van der Waals surface area contributed by atoms with Crippen LogP contribution in [0.5, 0.6) is 0 Å². The van der Waals surface area contributed by atoms with Crippen LogP contribution in [0.2, 0.25) is 0 Å². The second kappa shape index (κ2) is 7.60. The van der Waals surface area contributed by atoms with Gasteiger partial charge in [0, 0.05) is 6.54 Å². The van der Waals surface area contributed by atoms with Gasteiger partial charge in [-0.25, -0.2) is 8.42 Å². The minimum absolute atomic E-state index is 0.154. The first-order valence-electron chi connectivity index (χ1n) is 8.85. The van der Waals surface area contributed by atoms with E-state index >= 15 is 0 Å². The Balaban J connectivity index is 1.98. The maximum atomic E-state index is 13.3. The molecule has 1 atom stereocenters. The predicted octanol–water partition coefficient (Wildman–Crippen LogP) is 4.50. The molecule has 1 aliphatic heterocycles. The number of hydrogen-bond donors (Lipinski definition) is 0. The zero-order valence-corrected chi connectivity index (χ0v) is 16.2. The zero-order valence-electron chi connectivity index (χ0n) is 15.4. The van der Waals surface area contributed by atoms with E-state index < -0.39 is 10.0 Å². The molecule has 26 heavy (non-hydrogen) atoms. The highest BCUT2D eigenvalue weighted by Crippen LogP contribution is 2.33. The normalized spacial score (nSPS) is 18.3. The first-order valence-corrected chi connectivity index (χ1v) is 10.3. The molecule has 0 saturated heterocycles. The quantitative estimate of drug-likeness (QED) is 0.705. The summed E-state index contributed by atoms with van der Waals surface area (Å²) in [5, 5.41) is 0. The number of hydrogen-bond acceptors (Lipinski definition) is 2. The van der Waals surface area contributed by atoms with Crippen LogP contribution in [-0.4, -0.2) is 25.3 Å². The van der Waals surface area contributed by atoms with Crippen LogP contribution < -0.4 is 0 Å². The summed E-state index contributed by atoms with van der Waals surface area (Å²) in [6, 6.07) is 17.0. The van der Waals surface area contributed by atoms with Crippen molar-refractivity contribution in [3.63, 3.8) is 0 Å². The van der Waals surface area contributed by atoms with E-state index in [1.165, 1.54) is 0 Å². The topological polar surface area (TPSA) is 37.4 Å². The summed E-state index contributed by atoms with van der Waals surface area (Å²) in [4.78, 5) is 0.355. The van der Waals surface area contributed by atoms with Gasteiger partial charge < -0.3 is 0 Å². The third kappa shape index (κ3) is 3.67. The van der Waals surface area contributed by atoms with Crippen molar-refractivity contribution in [2.75, 3.05) is 6.54 Å². The van der Waals surface area contributed by atoms with E-state index in [0.29, 0.717) is 17.9 Å². The molecular weight excluding hydrogens is 342 g/mol. The molecule has 1 heterocycles. The van der Waals surface area contributed by atoms with Crippen LogP contribution in [0.1, 0.15) is 24.5 Å². The van der Waals surface area contributed by atoms with Gasteiger partial charge in [-0.3, -0.25) is 0 Å².